The monoisotopic (exact) mass is 286 g/mol. The molecule has 3 aromatic rings. The summed E-state index contributed by atoms with van der Waals surface area (Å²) in [6, 6.07) is 26.7. The lowest BCUT2D eigenvalue weighted by Crippen LogP contribution is -1.85. The van der Waals surface area contributed by atoms with Gasteiger partial charge >= 0.3 is 0 Å². The first-order valence-electron chi connectivity index (χ1n) is 7.16. The van der Waals surface area contributed by atoms with Gasteiger partial charge in [-0.3, -0.25) is 0 Å². The third-order valence-corrected chi connectivity index (χ3v) is 3.38. The van der Waals surface area contributed by atoms with E-state index in [2.05, 4.69) is 30.0 Å². The Kier molecular flexibility index (Phi) is 4.29. The Bertz CT molecular complexity index is 752. The third-order valence-electron chi connectivity index (χ3n) is 3.38. The zero-order valence-electron chi connectivity index (χ0n) is 12.0. The van der Waals surface area contributed by atoms with Crippen LogP contribution in [0.25, 0.3) is 11.6 Å². The van der Waals surface area contributed by atoms with Crippen molar-refractivity contribution in [2.45, 2.75) is 0 Å². The number of hydrogen-bond acceptors (Lipinski definition) is 0. The van der Waals surface area contributed by atoms with Crippen LogP contribution in [0.2, 0.25) is 0 Å². The normalized spacial score (nSPS) is 9.86. The van der Waals surface area contributed by atoms with Crippen LogP contribution in [0.3, 0.4) is 0 Å². The zero-order valence-corrected chi connectivity index (χ0v) is 12.0. The predicted octanol–water partition coefficient (Wildman–Crippen LogP) is 5.57. The summed E-state index contributed by atoms with van der Waals surface area (Å²) in [4.78, 5) is 0. The molecule has 106 valence electrons. The van der Waals surface area contributed by atoms with Crippen molar-refractivity contribution in [2.75, 3.05) is 0 Å². The van der Waals surface area contributed by atoms with Gasteiger partial charge in [-0.15, -0.1) is 5.73 Å². The number of halogens is 1. The fourth-order valence-corrected chi connectivity index (χ4v) is 2.26. The smallest absolute Gasteiger partial charge is 0.123 e. The van der Waals surface area contributed by atoms with E-state index in [1.165, 1.54) is 12.1 Å². The second-order valence-corrected chi connectivity index (χ2v) is 4.95. The van der Waals surface area contributed by atoms with E-state index in [-0.39, 0.29) is 5.82 Å². The van der Waals surface area contributed by atoms with Crippen molar-refractivity contribution in [3.8, 4) is 0 Å². The van der Waals surface area contributed by atoms with E-state index in [0.717, 1.165) is 22.3 Å². The first kappa shape index (κ1) is 14.1. The maximum Gasteiger partial charge on any atom is 0.123 e. The maximum atomic E-state index is 13.0. The molecule has 3 aromatic carbocycles. The summed E-state index contributed by atoms with van der Waals surface area (Å²) in [6.07, 6.45) is 1.88. The second-order valence-electron chi connectivity index (χ2n) is 4.95. The van der Waals surface area contributed by atoms with Crippen molar-refractivity contribution in [3.63, 3.8) is 0 Å². The summed E-state index contributed by atoms with van der Waals surface area (Å²) >= 11 is 0. The van der Waals surface area contributed by atoms with E-state index in [9.17, 15) is 4.39 Å². The van der Waals surface area contributed by atoms with Gasteiger partial charge in [0.05, 0.1) is 0 Å². The summed E-state index contributed by atoms with van der Waals surface area (Å²) in [5.74, 6) is -0.229. The van der Waals surface area contributed by atoms with Crippen molar-refractivity contribution in [1.82, 2.24) is 0 Å². The van der Waals surface area contributed by atoms with Crippen molar-refractivity contribution in [1.29, 1.82) is 0 Å². The highest BCUT2D eigenvalue weighted by Crippen LogP contribution is 2.22. The average molecular weight is 286 g/mol. The molecule has 3 rings (SSSR count). The lowest BCUT2D eigenvalue weighted by Gasteiger charge is -2.05. The van der Waals surface area contributed by atoms with Crippen LogP contribution in [0, 0.1) is 5.82 Å². The molecule has 0 aliphatic rings. The Labute approximate surface area is 129 Å². The summed E-state index contributed by atoms with van der Waals surface area (Å²) in [7, 11) is 0. The van der Waals surface area contributed by atoms with Gasteiger partial charge in [0.25, 0.3) is 0 Å². The average Bonchev–Trinajstić information content (AvgIpc) is 2.59. The van der Waals surface area contributed by atoms with Crippen LogP contribution < -0.4 is 0 Å². The molecule has 0 aliphatic heterocycles. The fraction of sp³-hybridized carbons (Fsp3) is 0. The molecule has 0 radical (unpaired) electrons. The molecular weight excluding hydrogens is 271 g/mol. The fourth-order valence-electron chi connectivity index (χ4n) is 2.26. The molecule has 0 heterocycles. The van der Waals surface area contributed by atoms with Crippen LogP contribution in [0.15, 0.2) is 90.7 Å². The molecule has 0 aromatic heterocycles. The first-order valence-corrected chi connectivity index (χ1v) is 7.16. The molecule has 22 heavy (non-hydrogen) atoms. The Morgan fingerprint density at radius 3 is 1.68 bits per heavy atom. The Hall–Kier alpha value is -2.89. The molecule has 0 nitrogen and oxygen atoms in total. The third kappa shape index (κ3) is 3.41. The van der Waals surface area contributed by atoms with Crippen molar-refractivity contribution >= 4 is 11.6 Å². The quantitative estimate of drug-likeness (QED) is 0.552. The Morgan fingerprint density at radius 1 is 0.682 bits per heavy atom. The van der Waals surface area contributed by atoms with Gasteiger partial charge in [-0.25, -0.2) is 4.39 Å². The zero-order chi connectivity index (χ0) is 15.2. The number of hydrogen-bond donors (Lipinski definition) is 0. The van der Waals surface area contributed by atoms with Crippen LogP contribution in [-0.4, -0.2) is 0 Å². The number of rotatable bonds is 3. The van der Waals surface area contributed by atoms with Gasteiger partial charge in [0, 0.05) is 5.57 Å². The van der Waals surface area contributed by atoms with Gasteiger partial charge in [0.2, 0.25) is 0 Å². The molecule has 0 atom stereocenters. The molecule has 1 heteroatoms. The maximum absolute atomic E-state index is 13.0. The predicted molar refractivity (Wildman–Crippen MR) is 89.8 cm³/mol. The van der Waals surface area contributed by atoms with E-state index in [0.29, 0.717) is 0 Å². The van der Waals surface area contributed by atoms with Crippen LogP contribution >= 0.6 is 0 Å². The SMILES string of the molecule is Fc1ccc(C=C=C(c2ccccc2)c2ccccc2)cc1. The topological polar surface area (TPSA) is 0 Å². The van der Waals surface area contributed by atoms with Gasteiger partial charge in [-0.2, -0.15) is 0 Å². The molecule has 0 saturated heterocycles. The molecule has 0 fully saturated rings. The van der Waals surface area contributed by atoms with Crippen molar-refractivity contribution < 1.29 is 4.39 Å². The first-order chi connectivity index (χ1) is 10.8. The number of benzene rings is 3. The minimum Gasteiger partial charge on any atom is -0.207 e. The largest absolute Gasteiger partial charge is 0.207 e. The van der Waals surface area contributed by atoms with E-state index >= 15 is 0 Å². The van der Waals surface area contributed by atoms with Gasteiger partial charge in [-0.1, -0.05) is 72.8 Å². The summed E-state index contributed by atoms with van der Waals surface area (Å²) in [6.45, 7) is 0. The molecule has 0 spiro atoms. The molecule has 0 amide bonds. The van der Waals surface area contributed by atoms with Crippen LogP contribution in [-0.2, 0) is 0 Å². The van der Waals surface area contributed by atoms with E-state index in [1.54, 1.807) is 12.1 Å². The van der Waals surface area contributed by atoms with E-state index < -0.39 is 0 Å². The summed E-state index contributed by atoms with van der Waals surface area (Å²) in [5, 5.41) is 0. The Balaban J connectivity index is 2.09. The highest BCUT2D eigenvalue weighted by Gasteiger charge is 2.02. The molecule has 0 aliphatic carbocycles. The molecule has 0 unspecified atom stereocenters. The second kappa shape index (κ2) is 6.71. The van der Waals surface area contributed by atoms with Gasteiger partial charge in [0.15, 0.2) is 0 Å². The highest BCUT2D eigenvalue weighted by molar-refractivity contribution is 5.81. The van der Waals surface area contributed by atoms with Crippen molar-refractivity contribution in [2.24, 2.45) is 0 Å². The van der Waals surface area contributed by atoms with Crippen molar-refractivity contribution in [3.05, 3.63) is 113 Å². The summed E-state index contributed by atoms with van der Waals surface area (Å²) < 4.78 is 13.0. The molecular formula is C21H15F. The van der Waals surface area contributed by atoms with E-state index in [1.807, 2.05) is 42.5 Å². The standard InChI is InChI=1S/C21H15F/c22-20-14-11-17(12-15-20)13-16-21(18-7-3-1-4-8-18)19-9-5-2-6-10-19/h1-15H. The van der Waals surface area contributed by atoms with E-state index in [4.69, 9.17) is 0 Å². The van der Waals surface area contributed by atoms with Crippen LogP contribution in [0.4, 0.5) is 4.39 Å². The highest BCUT2D eigenvalue weighted by atomic mass is 19.1. The van der Waals surface area contributed by atoms with Gasteiger partial charge in [0.1, 0.15) is 5.82 Å². The lowest BCUT2D eigenvalue weighted by atomic mass is 9.98. The summed E-state index contributed by atoms with van der Waals surface area (Å²) in [5.41, 5.74) is 7.51. The molecule has 0 bridgehead atoms. The van der Waals surface area contributed by atoms with Gasteiger partial charge < -0.3 is 0 Å². The van der Waals surface area contributed by atoms with Crippen LogP contribution in [0.1, 0.15) is 16.7 Å². The molecule has 0 N–H and O–H groups in total. The lowest BCUT2D eigenvalue weighted by molar-refractivity contribution is 0.628. The molecule has 0 saturated carbocycles. The van der Waals surface area contributed by atoms with Gasteiger partial charge in [-0.05, 0) is 34.9 Å². The minimum absolute atomic E-state index is 0.229. The van der Waals surface area contributed by atoms with Crippen LogP contribution in [0.5, 0.6) is 0 Å². The Morgan fingerprint density at radius 2 is 1.18 bits per heavy atom. The minimum atomic E-state index is -0.229.